The summed E-state index contributed by atoms with van der Waals surface area (Å²) in [5, 5.41) is 12.0. The van der Waals surface area contributed by atoms with Crippen LogP contribution in [0.15, 0.2) is 47.1 Å². The van der Waals surface area contributed by atoms with Gasteiger partial charge in [-0.15, -0.1) is 11.3 Å². The van der Waals surface area contributed by atoms with Crippen LogP contribution in [-0.4, -0.2) is 17.9 Å². The topological polar surface area (TPSA) is 86.8 Å². The fourth-order valence-electron chi connectivity index (χ4n) is 5.21. The number of fused-ring (bicyclic) bond motifs is 2. The normalized spacial score (nSPS) is 24.2. The molecule has 1 aliphatic carbocycles. The van der Waals surface area contributed by atoms with Crippen LogP contribution in [-0.2, 0) is 27.3 Å². The number of aryl methyl sites for hydroxylation is 2. The fraction of sp³-hybridized carbons (Fsp3) is 0.320. The molecule has 3 atom stereocenters. The predicted octanol–water partition coefficient (Wildman–Crippen LogP) is 4.45. The van der Waals surface area contributed by atoms with E-state index in [0.717, 1.165) is 47.4 Å². The first-order valence-corrected chi connectivity index (χ1v) is 11.9. The zero-order chi connectivity index (χ0) is 22.7. The third kappa shape index (κ3) is 2.89. The Morgan fingerprint density at radius 3 is 2.67 bits per heavy atom. The number of carbonyl (C=O) groups excluding carboxylic acids is 2. The summed E-state index contributed by atoms with van der Waals surface area (Å²) in [6, 6.07) is 12.9. The van der Waals surface area contributed by atoms with Gasteiger partial charge in [0, 0.05) is 4.88 Å². The number of imide groups is 1. The van der Waals surface area contributed by atoms with Gasteiger partial charge in [0.2, 0.25) is 5.91 Å². The van der Waals surface area contributed by atoms with Gasteiger partial charge in [0.25, 0.3) is 5.91 Å². The van der Waals surface area contributed by atoms with Crippen molar-refractivity contribution in [2.24, 2.45) is 5.92 Å². The van der Waals surface area contributed by atoms with Crippen molar-refractivity contribution in [1.29, 1.82) is 5.26 Å². The molecule has 166 valence electrons. The lowest BCUT2D eigenvalue weighted by Gasteiger charge is -2.28. The summed E-state index contributed by atoms with van der Waals surface area (Å²) < 4.78 is 5.70. The number of hydrogen-bond donors (Lipinski definition) is 0. The van der Waals surface area contributed by atoms with Crippen molar-refractivity contribution in [3.63, 3.8) is 0 Å². The number of benzene rings is 1. The van der Waals surface area contributed by atoms with E-state index in [-0.39, 0.29) is 5.91 Å². The third-order valence-electron chi connectivity index (χ3n) is 6.77. The minimum atomic E-state index is -0.974. The van der Waals surface area contributed by atoms with Gasteiger partial charge in [0.05, 0.1) is 17.5 Å². The Hall–Kier alpha value is -3.41. The molecule has 0 saturated carbocycles. The van der Waals surface area contributed by atoms with Crippen LogP contribution in [0.3, 0.4) is 0 Å². The molecule has 8 heteroatoms. The number of nitrogens with zero attached hydrogens (tertiary/aromatic N) is 3. The Labute approximate surface area is 194 Å². The Morgan fingerprint density at radius 1 is 1.09 bits per heavy atom. The second kappa shape index (κ2) is 7.58. The molecule has 4 heterocycles. The van der Waals surface area contributed by atoms with Gasteiger partial charge >= 0.3 is 0 Å². The van der Waals surface area contributed by atoms with Gasteiger partial charge in [-0.05, 0) is 61.9 Å². The fourth-order valence-corrected chi connectivity index (χ4v) is 6.56. The lowest BCUT2D eigenvalue weighted by Crippen LogP contribution is -2.37. The molecule has 3 aromatic rings. The molecular formula is C25H21N3O4S. The molecule has 3 aliphatic rings. The summed E-state index contributed by atoms with van der Waals surface area (Å²) in [4.78, 5) is 35.9. The van der Waals surface area contributed by atoms with Crippen LogP contribution in [0.4, 0.5) is 10.7 Å². The number of carbonyl (C=O) groups is 2. The molecule has 2 amide bonds. The monoisotopic (exact) mass is 459 g/mol. The van der Waals surface area contributed by atoms with Gasteiger partial charge in [-0.25, -0.2) is 9.96 Å². The Kier molecular flexibility index (Phi) is 4.64. The number of amides is 2. The molecule has 2 aliphatic heterocycles. The first kappa shape index (κ1) is 20.2. The molecular weight excluding hydrogens is 438 g/mol. The van der Waals surface area contributed by atoms with Crippen LogP contribution in [0.1, 0.15) is 46.2 Å². The first-order valence-electron chi connectivity index (χ1n) is 11.1. The molecule has 33 heavy (non-hydrogen) atoms. The maximum Gasteiger partial charge on any atom is 0.267 e. The number of hydrogen-bond acceptors (Lipinski definition) is 7. The van der Waals surface area contributed by atoms with Crippen molar-refractivity contribution in [3.05, 3.63) is 70.0 Å². The highest BCUT2D eigenvalue weighted by Gasteiger charge is 2.62. The Morgan fingerprint density at radius 2 is 1.91 bits per heavy atom. The predicted molar refractivity (Wildman–Crippen MR) is 122 cm³/mol. The maximum absolute atomic E-state index is 13.8. The summed E-state index contributed by atoms with van der Waals surface area (Å²) in [6.45, 7) is 1.96. The summed E-state index contributed by atoms with van der Waals surface area (Å²) in [7, 11) is 0. The van der Waals surface area contributed by atoms with Crippen LogP contribution >= 0.6 is 11.3 Å². The van der Waals surface area contributed by atoms with Gasteiger partial charge in [-0.1, -0.05) is 18.2 Å². The van der Waals surface area contributed by atoms with Gasteiger partial charge in [-0.2, -0.15) is 5.26 Å². The molecule has 1 aromatic carbocycles. The molecule has 0 radical (unpaired) electrons. The Bertz CT molecular complexity index is 1310. The van der Waals surface area contributed by atoms with Crippen molar-refractivity contribution < 1.29 is 18.8 Å². The van der Waals surface area contributed by atoms with E-state index in [2.05, 4.69) is 6.07 Å². The van der Waals surface area contributed by atoms with Crippen LogP contribution in [0.5, 0.6) is 0 Å². The molecule has 2 saturated heterocycles. The van der Waals surface area contributed by atoms with Crippen LogP contribution in [0.2, 0.25) is 0 Å². The average Bonchev–Trinajstić information content (AvgIpc) is 3.58. The van der Waals surface area contributed by atoms with Crippen LogP contribution in [0.25, 0.3) is 0 Å². The largest absolute Gasteiger partial charge is 0.467 e. The van der Waals surface area contributed by atoms with E-state index >= 15 is 0 Å². The van der Waals surface area contributed by atoms with E-state index in [1.807, 2.05) is 31.2 Å². The molecule has 2 aromatic heterocycles. The number of para-hydroxylation sites is 1. The van der Waals surface area contributed by atoms with Crippen molar-refractivity contribution in [2.45, 2.75) is 44.8 Å². The van der Waals surface area contributed by atoms with Crippen molar-refractivity contribution in [2.75, 3.05) is 9.96 Å². The van der Waals surface area contributed by atoms with E-state index < -0.39 is 24.0 Å². The van der Waals surface area contributed by atoms with Gasteiger partial charge in [-0.3, -0.25) is 14.4 Å². The number of nitriles is 1. The zero-order valence-electron chi connectivity index (χ0n) is 18.0. The second-order valence-corrected chi connectivity index (χ2v) is 9.72. The highest BCUT2D eigenvalue weighted by Crippen LogP contribution is 2.50. The maximum atomic E-state index is 13.8. The number of rotatable bonds is 3. The molecule has 0 bridgehead atoms. The van der Waals surface area contributed by atoms with E-state index in [9.17, 15) is 14.9 Å². The van der Waals surface area contributed by atoms with E-state index in [4.69, 9.17) is 9.25 Å². The van der Waals surface area contributed by atoms with E-state index in [1.54, 1.807) is 23.5 Å². The molecule has 2 fully saturated rings. The van der Waals surface area contributed by atoms with Gasteiger partial charge in [0.15, 0.2) is 6.10 Å². The standard InChI is InChI=1S/C25H21N3O4S/c1-14-7-2-4-9-17(14)28-21(18-10-6-12-31-18)20-22(32-28)24(30)27(23(20)29)25-16(13-26)15-8-3-5-11-19(15)33-25/h2,4,6-7,9-10,12,20-22H,3,5,8,11H2,1H3/t20-,21-,22+/m0/s1. The van der Waals surface area contributed by atoms with Crippen molar-refractivity contribution >= 4 is 33.8 Å². The average molecular weight is 460 g/mol. The molecule has 0 unspecified atom stereocenters. The van der Waals surface area contributed by atoms with E-state index in [1.165, 1.54) is 16.2 Å². The van der Waals surface area contributed by atoms with Crippen LogP contribution < -0.4 is 9.96 Å². The lowest BCUT2D eigenvalue weighted by atomic mass is 9.94. The van der Waals surface area contributed by atoms with Crippen molar-refractivity contribution in [1.82, 2.24) is 0 Å². The number of thiophene rings is 1. The highest BCUT2D eigenvalue weighted by atomic mass is 32.1. The summed E-state index contributed by atoms with van der Waals surface area (Å²) in [5.41, 5.74) is 3.20. The molecule has 0 N–H and O–H groups in total. The summed E-state index contributed by atoms with van der Waals surface area (Å²) in [6.07, 6.45) is 4.34. The zero-order valence-corrected chi connectivity index (χ0v) is 18.8. The summed E-state index contributed by atoms with van der Waals surface area (Å²) >= 11 is 1.40. The number of hydroxylamine groups is 1. The lowest BCUT2D eigenvalue weighted by molar-refractivity contribution is -0.126. The highest BCUT2D eigenvalue weighted by molar-refractivity contribution is 7.17. The molecule has 6 rings (SSSR count). The van der Waals surface area contributed by atoms with Gasteiger partial charge in [0.1, 0.15) is 28.8 Å². The molecule has 7 nitrogen and oxygen atoms in total. The minimum Gasteiger partial charge on any atom is -0.467 e. The first-order chi connectivity index (χ1) is 16.1. The Balaban J connectivity index is 1.44. The third-order valence-corrected chi connectivity index (χ3v) is 8.05. The minimum absolute atomic E-state index is 0.349. The second-order valence-electron chi connectivity index (χ2n) is 8.64. The quantitative estimate of drug-likeness (QED) is 0.538. The summed E-state index contributed by atoms with van der Waals surface area (Å²) in [5.74, 6) is -0.987. The van der Waals surface area contributed by atoms with Crippen LogP contribution in [0, 0.1) is 24.2 Å². The number of anilines is 2. The SMILES string of the molecule is Cc1ccccc1N1O[C@H]2C(=O)N(c3sc4c(c3C#N)CCCC4)C(=O)[C@H]2[C@@H]1c1ccco1. The van der Waals surface area contributed by atoms with Gasteiger partial charge < -0.3 is 4.42 Å². The smallest absolute Gasteiger partial charge is 0.267 e. The number of furan rings is 1. The van der Waals surface area contributed by atoms with Crippen molar-refractivity contribution in [3.8, 4) is 6.07 Å². The van der Waals surface area contributed by atoms with E-state index in [0.29, 0.717) is 16.3 Å². The molecule has 0 spiro atoms.